The molecule has 0 aliphatic carbocycles. The van der Waals surface area contributed by atoms with Gasteiger partial charge in [0.1, 0.15) is 11.4 Å². The summed E-state index contributed by atoms with van der Waals surface area (Å²) in [4.78, 5) is 24.8. The van der Waals surface area contributed by atoms with E-state index in [-0.39, 0.29) is 5.91 Å². The number of nitrogens with zero attached hydrogens (tertiary/aromatic N) is 4. The Morgan fingerprint density at radius 1 is 1.34 bits per heavy atom. The maximum absolute atomic E-state index is 13.3. The van der Waals surface area contributed by atoms with Gasteiger partial charge in [0.15, 0.2) is 11.0 Å². The Labute approximate surface area is 199 Å². The van der Waals surface area contributed by atoms with E-state index in [1.165, 1.54) is 11.8 Å². The number of carbonyl (C=O) groups is 1. The number of ether oxygens (including phenoxy) is 1. The molecule has 32 heavy (non-hydrogen) atoms. The van der Waals surface area contributed by atoms with Crippen molar-refractivity contribution in [3.05, 3.63) is 63.0 Å². The summed E-state index contributed by atoms with van der Waals surface area (Å²) in [6.07, 6.45) is 4.65. The minimum atomic E-state index is -0.226. The van der Waals surface area contributed by atoms with Crippen LogP contribution in [0, 0.1) is 0 Å². The maximum Gasteiger partial charge on any atom is 0.283 e. The van der Waals surface area contributed by atoms with Crippen LogP contribution < -0.4 is 9.64 Å². The van der Waals surface area contributed by atoms with Crippen LogP contribution in [0.1, 0.15) is 36.4 Å². The van der Waals surface area contributed by atoms with Crippen LogP contribution in [0.25, 0.3) is 6.08 Å². The third-order valence-corrected chi connectivity index (χ3v) is 6.67. The average molecular weight is 489 g/mol. The third kappa shape index (κ3) is 5.06. The number of aliphatic imine (C=N–C) groups is 1. The summed E-state index contributed by atoms with van der Waals surface area (Å²) in [5.41, 5.74) is 0.965. The zero-order chi connectivity index (χ0) is 22.5. The topological polar surface area (TPSA) is 80.8 Å². The Morgan fingerprint density at radius 3 is 2.94 bits per heavy atom. The molecule has 3 heterocycles. The van der Waals surface area contributed by atoms with Crippen molar-refractivity contribution in [1.82, 2.24) is 10.1 Å². The summed E-state index contributed by atoms with van der Waals surface area (Å²) < 4.78 is 10.6. The molecule has 0 saturated heterocycles. The monoisotopic (exact) mass is 488 g/mol. The quantitative estimate of drug-likeness (QED) is 0.372. The van der Waals surface area contributed by atoms with Crippen molar-refractivity contribution < 1.29 is 14.1 Å². The minimum Gasteiger partial charge on any atom is -0.495 e. The summed E-state index contributed by atoms with van der Waals surface area (Å²) >= 11 is 9.22. The molecule has 10 heteroatoms. The van der Waals surface area contributed by atoms with Crippen LogP contribution in [0.5, 0.6) is 5.75 Å². The van der Waals surface area contributed by atoms with E-state index in [2.05, 4.69) is 22.1 Å². The Morgan fingerprint density at radius 2 is 2.22 bits per heavy atom. The largest absolute Gasteiger partial charge is 0.495 e. The number of aryl methyl sites for hydroxylation is 1. The smallest absolute Gasteiger partial charge is 0.283 e. The van der Waals surface area contributed by atoms with Crippen molar-refractivity contribution in [3.63, 3.8) is 0 Å². The number of rotatable bonds is 8. The van der Waals surface area contributed by atoms with Gasteiger partial charge in [0.25, 0.3) is 5.91 Å². The van der Waals surface area contributed by atoms with Crippen LogP contribution in [0.2, 0.25) is 5.02 Å². The highest BCUT2D eigenvalue weighted by Gasteiger charge is 2.33. The first-order valence-corrected chi connectivity index (χ1v) is 12.3. The number of aromatic nitrogens is 2. The number of unbranched alkanes of at least 4 members (excludes halogenated alkanes) is 1. The lowest BCUT2D eigenvalue weighted by Gasteiger charge is -2.18. The predicted molar refractivity (Wildman–Crippen MR) is 129 cm³/mol. The first-order chi connectivity index (χ1) is 15.6. The summed E-state index contributed by atoms with van der Waals surface area (Å²) in [6, 6.07) is 9.07. The van der Waals surface area contributed by atoms with E-state index < -0.39 is 0 Å². The fraction of sp³-hybridized carbons (Fsp3) is 0.273. The number of methoxy groups -OCH3 is 1. The number of hydrogen-bond acceptors (Lipinski definition) is 8. The molecule has 0 fully saturated rings. The predicted octanol–water partition coefficient (Wildman–Crippen LogP) is 5.81. The van der Waals surface area contributed by atoms with Crippen molar-refractivity contribution in [2.45, 2.75) is 31.9 Å². The van der Waals surface area contributed by atoms with Gasteiger partial charge in [-0.15, -0.1) is 11.3 Å². The zero-order valence-corrected chi connectivity index (χ0v) is 20.0. The van der Waals surface area contributed by atoms with Gasteiger partial charge < -0.3 is 9.26 Å². The molecule has 0 N–H and O–H groups in total. The van der Waals surface area contributed by atoms with E-state index in [4.69, 9.17) is 20.9 Å². The molecule has 0 saturated carbocycles. The molecule has 0 atom stereocenters. The van der Waals surface area contributed by atoms with E-state index >= 15 is 0 Å². The standard InChI is InChI=1S/C22H21ClN4O3S2/c1-3-4-7-19-25-20(30-26-19)13-32-22-24-17(12-15-6-5-10-31-15)21(28)27(22)14-8-9-18(29-2)16(23)11-14/h5-6,8-12H,3-4,7,13H2,1-2H3/b17-12-. The number of benzene rings is 1. The number of hydrogen-bond donors (Lipinski definition) is 0. The Hall–Kier alpha value is -2.62. The van der Waals surface area contributed by atoms with Gasteiger partial charge in [0.2, 0.25) is 5.89 Å². The van der Waals surface area contributed by atoms with Crippen LogP contribution in [0.15, 0.2) is 50.9 Å². The summed E-state index contributed by atoms with van der Waals surface area (Å²) in [7, 11) is 1.55. The number of amidine groups is 1. The first kappa shape index (κ1) is 22.6. The van der Waals surface area contributed by atoms with Gasteiger partial charge in [-0.1, -0.05) is 47.9 Å². The van der Waals surface area contributed by atoms with E-state index in [0.29, 0.717) is 44.8 Å². The van der Waals surface area contributed by atoms with E-state index in [9.17, 15) is 4.79 Å². The van der Waals surface area contributed by atoms with Crippen LogP contribution in [0.4, 0.5) is 5.69 Å². The fourth-order valence-corrected chi connectivity index (χ4v) is 4.79. The fourth-order valence-electron chi connectivity index (χ4n) is 3.03. The first-order valence-electron chi connectivity index (χ1n) is 10.0. The molecule has 3 aromatic rings. The van der Waals surface area contributed by atoms with Gasteiger partial charge in [-0.05, 0) is 42.1 Å². The van der Waals surface area contributed by atoms with E-state index in [1.807, 2.05) is 17.5 Å². The van der Waals surface area contributed by atoms with Gasteiger partial charge in [-0.2, -0.15) is 4.98 Å². The maximum atomic E-state index is 13.3. The second kappa shape index (κ2) is 10.3. The van der Waals surface area contributed by atoms with Gasteiger partial charge in [0, 0.05) is 11.3 Å². The molecule has 1 aliphatic rings. The van der Waals surface area contributed by atoms with Crippen LogP contribution in [-0.4, -0.2) is 28.3 Å². The van der Waals surface area contributed by atoms with Gasteiger partial charge in [-0.25, -0.2) is 4.99 Å². The highest BCUT2D eigenvalue weighted by Crippen LogP contribution is 2.35. The van der Waals surface area contributed by atoms with Crippen LogP contribution in [0.3, 0.4) is 0 Å². The molecular formula is C22H21ClN4O3S2. The SMILES string of the molecule is CCCCc1noc(CSC2=N/C(=C\c3cccs3)C(=O)N2c2ccc(OC)c(Cl)c2)n1. The molecule has 166 valence electrons. The lowest BCUT2D eigenvalue weighted by molar-refractivity contribution is -0.113. The van der Waals surface area contributed by atoms with Crippen LogP contribution >= 0.6 is 34.7 Å². The molecule has 0 unspecified atom stereocenters. The summed E-state index contributed by atoms with van der Waals surface area (Å²) in [5.74, 6) is 1.91. The molecule has 0 spiro atoms. The number of thiophene rings is 1. The zero-order valence-electron chi connectivity index (χ0n) is 17.6. The highest BCUT2D eigenvalue weighted by molar-refractivity contribution is 8.13. The van der Waals surface area contributed by atoms with E-state index in [0.717, 1.165) is 24.1 Å². The number of thioether (sulfide) groups is 1. The van der Waals surface area contributed by atoms with E-state index in [1.54, 1.807) is 47.6 Å². The minimum absolute atomic E-state index is 0.226. The number of carbonyl (C=O) groups excluding carboxylic acids is 1. The molecule has 1 amide bonds. The second-order valence-corrected chi connectivity index (χ2v) is 9.22. The Balaban J connectivity index is 1.60. The molecule has 1 aromatic carbocycles. The molecule has 0 bridgehead atoms. The number of anilines is 1. The van der Waals surface area contributed by atoms with Crippen molar-refractivity contribution in [1.29, 1.82) is 0 Å². The summed E-state index contributed by atoms with van der Waals surface area (Å²) in [6.45, 7) is 2.12. The third-order valence-electron chi connectivity index (χ3n) is 4.63. The van der Waals surface area contributed by atoms with Gasteiger partial charge >= 0.3 is 0 Å². The summed E-state index contributed by atoms with van der Waals surface area (Å²) in [5, 5.41) is 6.91. The molecule has 7 nitrogen and oxygen atoms in total. The van der Waals surface area contributed by atoms with Crippen molar-refractivity contribution >= 4 is 57.5 Å². The van der Waals surface area contributed by atoms with Crippen molar-refractivity contribution in [3.8, 4) is 5.75 Å². The molecule has 0 radical (unpaired) electrons. The number of halogens is 1. The number of amides is 1. The average Bonchev–Trinajstić information content (AvgIpc) is 3.53. The molecule has 4 rings (SSSR count). The molecular weight excluding hydrogens is 468 g/mol. The molecule has 1 aliphatic heterocycles. The highest BCUT2D eigenvalue weighted by atomic mass is 35.5. The Bertz CT molecular complexity index is 1160. The normalized spacial score (nSPS) is 15.0. The van der Waals surface area contributed by atoms with Gasteiger partial charge in [0.05, 0.1) is 23.6 Å². The Kier molecular flexibility index (Phi) is 7.29. The lowest BCUT2D eigenvalue weighted by atomic mass is 10.2. The van der Waals surface area contributed by atoms with Crippen molar-refractivity contribution in [2.24, 2.45) is 4.99 Å². The van der Waals surface area contributed by atoms with Crippen LogP contribution in [-0.2, 0) is 17.0 Å². The van der Waals surface area contributed by atoms with Gasteiger partial charge in [-0.3, -0.25) is 9.69 Å². The second-order valence-electron chi connectivity index (χ2n) is 6.90. The van der Waals surface area contributed by atoms with Crippen molar-refractivity contribution in [2.75, 3.05) is 12.0 Å². The molecule has 2 aromatic heterocycles. The lowest BCUT2D eigenvalue weighted by Crippen LogP contribution is -2.30.